The molecule has 0 aromatic carbocycles. The second-order valence-corrected chi connectivity index (χ2v) is 4.64. The van der Waals surface area contributed by atoms with E-state index < -0.39 is 29.9 Å². The maximum atomic E-state index is 11.6. The summed E-state index contributed by atoms with van der Waals surface area (Å²) in [6, 6.07) is -1.89. The molecule has 0 heterocycles. The van der Waals surface area contributed by atoms with Crippen LogP contribution in [0.3, 0.4) is 0 Å². The van der Waals surface area contributed by atoms with Gasteiger partial charge in [0.05, 0.1) is 6.04 Å². The van der Waals surface area contributed by atoms with Crippen molar-refractivity contribution in [2.45, 2.75) is 45.2 Å². The van der Waals surface area contributed by atoms with Gasteiger partial charge < -0.3 is 21.9 Å². The van der Waals surface area contributed by atoms with E-state index in [1.54, 1.807) is 0 Å². The fourth-order valence-electron chi connectivity index (χ4n) is 1.44. The SMILES string of the molecule is CC(C)CC(N)C(=O)N[C@@H](CCC(N)=O)C(=O)O. The minimum atomic E-state index is -1.21. The van der Waals surface area contributed by atoms with Crippen molar-refractivity contribution in [2.75, 3.05) is 0 Å². The van der Waals surface area contributed by atoms with Gasteiger partial charge >= 0.3 is 5.97 Å². The summed E-state index contributed by atoms with van der Waals surface area (Å²) in [5, 5.41) is 11.2. The quantitative estimate of drug-likeness (QED) is 0.452. The van der Waals surface area contributed by atoms with Gasteiger partial charge in [-0.2, -0.15) is 0 Å². The van der Waals surface area contributed by atoms with Gasteiger partial charge in [0.2, 0.25) is 11.8 Å². The summed E-state index contributed by atoms with van der Waals surface area (Å²) in [6.45, 7) is 3.82. The van der Waals surface area contributed by atoms with Crippen LogP contribution in [0, 0.1) is 5.92 Å². The first kappa shape index (κ1) is 16.4. The maximum absolute atomic E-state index is 11.6. The summed E-state index contributed by atoms with van der Waals surface area (Å²) in [5.41, 5.74) is 10.6. The van der Waals surface area contributed by atoms with Crippen LogP contribution in [0.15, 0.2) is 0 Å². The highest BCUT2D eigenvalue weighted by molar-refractivity contribution is 5.87. The monoisotopic (exact) mass is 259 g/mol. The summed E-state index contributed by atoms with van der Waals surface area (Å²) in [7, 11) is 0. The zero-order chi connectivity index (χ0) is 14.3. The van der Waals surface area contributed by atoms with E-state index >= 15 is 0 Å². The summed E-state index contributed by atoms with van der Waals surface area (Å²) in [5.74, 6) is -2.11. The number of amides is 2. The summed E-state index contributed by atoms with van der Waals surface area (Å²) in [4.78, 5) is 33.1. The first-order chi connectivity index (χ1) is 8.23. The number of carbonyl (C=O) groups is 3. The van der Waals surface area contributed by atoms with Crippen LogP contribution in [0.25, 0.3) is 0 Å². The lowest BCUT2D eigenvalue weighted by Gasteiger charge is -2.18. The van der Waals surface area contributed by atoms with E-state index in [2.05, 4.69) is 5.32 Å². The number of carboxylic acids is 1. The van der Waals surface area contributed by atoms with Crippen LogP contribution in [0.1, 0.15) is 33.1 Å². The molecule has 0 radical (unpaired) electrons. The molecule has 0 aromatic heterocycles. The van der Waals surface area contributed by atoms with E-state index in [-0.39, 0.29) is 18.8 Å². The number of nitrogens with two attached hydrogens (primary N) is 2. The molecule has 0 aliphatic heterocycles. The molecule has 1 unspecified atom stereocenters. The lowest BCUT2D eigenvalue weighted by atomic mass is 10.0. The average molecular weight is 259 g/mol. The van der Waals surface area contributed by atoms with Crippen molar-refractivity contribution in [3.05, 3.63) is 0 Å². The molecule has 18 heavy (non-hydrogen) atoms. The van der Waals surface area contributed by atoms with Crippen LogP contribution in [0.2, 0.25) is 0 Å². The molecular formula is C11H21N3O4. The van der Waals surface area contributed by atoms with E-state index in [1.807, 2.05) is 13.8 Å². The maximum Gasteiger partial charge on any atom is 0.326 e. The van der Waals surface area contributed by atoms with Gasteiger partial charge in [0.1, 0.15) is 6.04 Å². The third-order valence-corrected chi connectivity index (χ3v) is 2.36. The van der Waals surface area contributed by atoms with Gasteiger partial charge in [-0.15, -0.1) is 0 Å². The third-order valence-electron chi connectivity index (χ3n) is 2.36. The second kappa shape index (κ2) is 7.65. The molecule has 0 spiro atoms. The first-order valence-corrected chi connectivity index (χ1v) is 5.81. The summed E-state index contributed by atoms with van der Waals surface area (Å²) >= 11 is 0. The third kappa shape index (κ3) is 6.85. The molecule has 7 heteroatoms. The van der Waals surface area contributed by atoms with Gasteiger partial charge in [0, 0.05) is 6.42 Å². The van der Waals surface area contributed by atoms with Crippen molar-refractivity contribution in [3.8, 4) is 0 Å². The minimum Gasteiger partial charge on any atom is -0.480 e. The van der Waals surface area contributed by atoms with E-state index in [0.29, 0.717) is 6.42 Å². The van der Waals surface area contributed by atoms with Gasteiger partial charge in [-0.3, -0.25) is 9.59 Å². The molecular weight excluding hydrogens is 238 g/mol. The van der Waals surface area contributed by atoms with Gasteiger partial charge in [-0.25, -0.2) is 4.79 Å². The Balaban J connectivity index is 4.35. The average Bonchev–Trinajstić information content (AvgIpc) is 2.21. The van der Waals surface area contributed by atoms with Crippen molar-refractivity contribution in [1.82, 2.24) is 5.32 Å². The Morgan fingerprint density at radius 1 is 1.28 bits per heavy atom. The van der Waals surface area contributed by atoms with Crippen molar-refractivity contribution in [1.29, 1.82) is 0 Å². The van der Waals surface area contributed by atoms with Gasteiger partial charge in [0.15, 0.2) is 0 Å². The summed E-state index contributed by atoms with van der Waals surface area (Å²) < 4.78 is 0. The fraction of sp³-hybridized carbons (Fsp3) is 0.727. The molecule has 0 bridgehead atoms. The Kier molecular flexibility index (Phi) is 6.96. The molecule has 2 atom stereocenters. The Morgan fingerprint density at radius 2 is 1.83 bits per heavy atom. The van der Waals surface area contributed by atoms with Crippen LogP contribution in [0.4, 0.5) is 0 Å². The first-order valence-electron chi connectivity index (χ1n) is 5.81. The predicted octanol–water partition coefficient (Wildman–Crippen LogP) is -0.805. The normalized spacial score (nSPS) is 14.0. The van der Waals surface area contributed by atoms with Gasteiger partial charge in [0.25, 0.3) is 0 Å². The highest BCUT2D eigenvalue weighted by atomic mass is 16.4. The number of hydrogen-bond donors (Lipinski definition) is 4. The Bertz CT molecular complexity index is 317. The predicted molar refractivity (Wildman–Crippen MR) is 65.4 cm³/mol. The van der Waals surface area contributed by atoms with Gasteiger partial charge in [-0.1, -0.05) is 13.8 Å². The smallest absolute Gasteiger partial charge is 0.326 e. The Hall–Kier alpha value is -1.63. The molecule has 104 valence electrons. The molecule has 0 aromatic rings. The number of primary amides is 1. The number of rotatable bonds is 8. The zero-order valence-electron chi connectivity index (χ0n) is 10.7. The Morgan fingerprint density at radius 3 is 2.22 bits per heavy atom. The lowest BCUT2D eigenvalue weighted by Crippen LogP contribution is -2.49. The minimum absolute atomic E-state index is 0.0369. The van der Waals surface area contributed by atoms with Crippen molar-refractivity contribution in [2.24, 2.45) is 17.4 Å². The van der Waals surface area contributed by atoms with Crippen LogP contribution >= 0.6 is 0 Å². The van der Waals surface area contributed by atoms with Gasteiger partial charge in [-0.05, 0) is 18.8 Å². The lowest BCUT2D eigenvalue weighted by molar-refractivity contribution is -0.142. The molecule has 6 N–H and O–H groups in total. The van der Waals surface area contributed by atoms with Crippen LogP contribution < -0.4 is 16.8 Å². The number of carbonyl (C=O) groups excluding carboxylic acids is 2. The standard InChI is InChI=1S/C11H21N3O4/c1-6(2)5-7(12)10(16)14-8(11(17)18)3-4-9(13)15/h6-8H,3-5,12H2,1-2H3,(H2,13,15)(H,14,16)(H,17,18)/t7?,8-/m0/s1. The molecule has 0 saturated carbocycles. The Labute approximate surface area is 106 Å². The van der Waals surface area contributed by atoms with E-state index in [4.69, 9.17) is 16.6 Å². The molecule has 0 aliphatic carbocycles. The van der Waals surface area contributed by atoms with Crippen molar-refractivity contribution >= 4 is 17.8 Å². The van der Waals surface area contributed by atoms with Crippen molar-refractivity contribution in [3.63, 3.8) is 0 Å². The highest BCUT2D eigenvalue weighted by Crippen LogP contribution is 2.04. The second-order valence-electron chi connectivity index (χ2n) is 4.64. The van der Waals surface area contributed by atoms with Crippen LogP contribution in [-0.4, -0.2) is 35.0 Å². The van der Waals surface area contributed by atoms with Crippen molar-refractivity contribution < 1.29 is 19.5 Å². The topological polar surface area (TPSA) is 136 Å². The van der Waals surface area contributed by atoms with E-state index in [0.717, 1.165) is 0 Å². The molecule has 0 fully saturated rings. The molecule has 0 saturated heterocycles. The molecule has 0 aliphatic rings. The van der Waals surface area contributed by atoms with Crippen LogP contribution in [-0.2, 0) is 14.4 Å². The summed E-state index contributed by atoms with van der Waals surface area (Å²) in [6.07, 6.45) is 0.329. The fourth-order valence-corrected chi connectivity index (χ4v) is 1.44. The highest BCUT2D eigenvalue weighted by Gasteiger charge is 2.23. The number of hydrogen-bond acceptors (Lipinski definition) is 4. The molecule has 0 rings (SSSR count). The van der Waals surface area contributed by atoms with Crippen LogP contribution in [0.5, 0.6) is 0 Å². The number of aliphatic carboxylic acids is 1. The number of nitrogens with one attached hydrogen (secondary N) is 1. The molecule has 7 nitrogen and oxygen atoms in total. The van der Waals surface area contributed by atoms with E-state index in [1.165, 1.54) is 0 Å². The van der Waals surface area contributed by atoms with E-state index in [9.17, 15) is 14.4 Å². The zero-order valence-corrected chi connectivity index (χ0v) is 10.7. The molecule has 2 amide bonds. The number of carboxylic acid groups (broad SMARTS) is 1. The largest absolute Gasteiger partial charge is 0.480 e.